The van der Waals surface area contributed by atoms with Crippen LogP contribution in [0, 0.1) is 12.8 Å². The van der Waals surface area contributed by atoms with Gasteiger partial charge in [0.05, 0.1) is 16.8 Å². The standard InChI is InChI=1S/C24H23F3N6/c1-14(10-31-22-9-21(32-13-33-22)17-11-29-16(3)30-12-17)15(2)18-5-4-6-19-20(24(25,26)27)7-8-28-23(18)19/h4-9,11-15H,10H2,1-3H3,(H,31,32,33)/t14-,15?/m1/s1. The van der Waals surface area contributed by atoms with Crippen molar-refractivity contribution in [3.8, 4) is 11.3 Å². The number of aryl methyl sites for hydroxylation is 1. The molecule has 3 heterocycles. The molecule has 0 aliphatic rings. The molecular formula is C24H23F3N6. The molecule has 1 aromatic carbocycles. The lowest BCUT2D eigenvalue weighted by molar-refractivity contribution is -0.136. The number of hydrogen-bond acceptors (Lipinski definition) is 6. The Morgan fingerprint density at radius 1 is 0.970 bits per heavy atom. The first-order valence-corrected chi connectivity index (χ1v) is 10.5. The van der Waals surface area contributed by atoms with Gasteiger partial charge in [0.25, 0.3) is 0 Å². The third kappa shape index (κ3) is 4.92. The summed E-state index contributed by atoms with van der Waals surface area (Å²) in [5.41, 5.74) is 1.99. The summed E-state index contributed by atoms with van der Waals surface area (Å²) < 4.78 is 40.3. The second-order valence-corrected chi connectivity index (χ2v) is 8.05. The summed E-state index contributed by atoms with van der Waals surface area (Å²) in [4.78, 5) is 21.2. The smallest absolute Gasteiger partial charge is 0.370 e. The Morgan fingerprint density at radius 2 is 1.73 bits per heavy atom. The Kier molecular flexibility index (Phi) is 6.22. The number of nitrogens with one attached hydrogen (secondary N) is 1. The normalized spacial score (nSPS) is 13.6. The van der Waals surface area contributed by atoms with Crippen LogP contribution in [0.1, 0.15) is 36.7 Å². The van der Waals surface area contributed by atoms with Gasteiger partial charge in [0, 0.05) is 42.2 Å². The Labute approximate surface area is 189 Å². The first-order chi connectivity index (χ1) is 15.7. The van der Waals surface area contributed by atoms with Gasteiger partial charge >= 0.3 is 6.18 Å². The van der Waals surface area contributed by atoms with Gasteiger partial charge in [-0.05, 0) is 30.4 Å². The largest absolute Gasteiger partial charge is 0.417 e. The number of fused-ring (bicyclic) bond motifs is 1. The van der Waals surface area contributed by atoms with Crippen molar-refractivity contribution in [2.45, 2.75) is 32.9 Å². The van der Waals surface area contributed by atoms with E-state index in [1.807, 2.05) is 32.9 Å². The number of halogens is 3. The van der Waals surface area contributed by atoms with Crippen molar-refractivity contribution in [2.75, 3.05) is 11.9 Å². The molecule has 0 saturated carbocycles. The first kappa shape index (κ1) is 22.6. The molecule has 4 rings (SSSR count). The average Bonchev–Trinajstić information content (AvgIpc) is 2.81. The highest BCUT2D eigenvalue weighted by atomic mass is 19.4. The van der Waals surface area contributed by atoms with Crippen molar-refractivity contribution in [2.24, 2.45) is 5.92 Å². The summed E-state index contributed by atoms with van der Waals surface area (Å²) in [6, 6.07) is 7.82. The molecule has 0 amide bonds. The highest BCUT2D eigenvalue weighted by Gasteiger charge is 2.33. The van der Waals surface area contributed by atoms with Gasteiger partial charge in [0.2, 0.25) is 0 Å². The minimum atomic E-state index is -4.43. The molecule has 0 radical (unpaired) electrons. The van der Waals surface area contributed by atoms with Crippen LogP contribution < -0.4 is 5.32 Å². The number of benzene rings is 1. The maximum absolute atomic E-state index is 13.4. The zero-order valence-corrected chi connectivity index (χ0v) is 18.4. The molecule has 0 saturated heterocycles. The quantitative estimate of drug-likeness (QED) is 0.407. The van der Waals surface area contributed by atoms with Gasteiger partial charge in [0.15, 0.2) is 0 Å². The van der Waals surface area contributed by atoms with E-state index in [0.29, 0.717) is 29.4 Å². The van der Waals surface area contributed by atoms with Gasteiger partial charge in [-0.1, -0.05) is 32.0 Å². The molecule has 0 bridgehead atoms. The van der Waals surface area contributed by atoms with Crippen molar-refractivity contribution < 1.29 is 13.2 Å². The second-order valence-electron chi connectivity index (χ2n) is 8.05. The van der Waals surface area contributed by atoms with Crippen LogP contribution in [-0.4, -0.2) is 31.5 Å². The van der Waals surface area contributed by atoms with Crippen LogP contribution in [0.3, 0.4) is 0 Å². The van der Waals surface area contributed by atoms with E-state index in [0.717, 1.165) is 17.2 Å². The van der Waals surface area contributed by atoms with Gasteiger partial charge in [-0.3, -0.25) is 4.98 Å². The Balaban J connectivity index is 1.52. The molecule has 4 aromatic rings. The molecule has 9 heteroatoms. The second kappa shape index (κ2) is 9.09. The molecular weight excluding hydrogens is 429 g/mol. The number of anilines is 1. The fraction of sp³-hybridized carbons (Fsp3) is 0.292. The average molecular weight is 452 g/mol. The van der Waals surface area contributed by atoms with Crippen molar-refractivity contribution in [3.05, 3.63) is 72.2 Å². The maximum Gasteiger partial charge on any atom is 0.417 e. The first-order valence-electron chi connectivity index (χ1n) is 10.5. The Bertz CT molecular complexity index is 1260. The summed E-state index contributed by atoms with van der Waals surface area (Å²) in [7, 11) is 0. The Hall–Kier alpha value is -3.62. The zero-order valence-electron chi connectivity index (χ0n) is 18.4. The molecule has 2 atom stereocenters. The molecule has 0 spiro atoms. The van der Waals surface area contributed by atoms with Gasteiger partial charge in [-0.15, -0.1) is 0 Å². The summed E-state index contributed by atoms with van der Waals surface area (Å²) in [5, 5.41) is 3.43. The minimum Gasteiger partial charge on any atom is -0.370 e. The van der Waals surface area contributed by atoms with Crippen LogP contribution in [0.2, 0.25) is 0 Å². The van der Waals surface area contributed by atoms with Crippen molar-refractivity contribution in [1.29, 1.82) is 0 Å². The van der Waals surface area contributed by atoms with Crippen LogP contribution in [0.5, 0.6) is 0 Å². The fourth-order valence-corrected chi connectivity index (χ4v) is 3.70. The highest BCUT2D eigenvalue weighted by Crippen LogP contribution is 2.37. The zero-order chi connectivity index (χ0) is 23.6. The minimum absolute atomic E-state index is 0.0380. The molecule has 0 fully saturated rings. The highest BCUT2D eigenvalue weighted by molar-refractivity contribution is 5.85. The van der Waals surface area contributed by atoms with E-state index in [1.165, 1.54) is 18.6 Å². The molecule has 33 heavy (non-hydrogen) atoms. The van der Waals surface area contributed by atoms with Gasteiger partial charge < -0.3 is 5.32 Å². The van der Waals surface area contributed by atoms with Gasteiger partial charge in [-0.25, -0.2) is 19.9 Å². The third-order valence-electron chi connectivity index (χ3n) is 5.80. The van der Waals surface area contributed by atoms with E-state index >= 15 is 0 Å². The number of nitrogens with zero attached hydrogens (tertiary/aromatic N) is 5. The van der Waals surface area contributed by atoms with Crippen molar-refractivity contribution >= 4 is 16.7 Å². The predicted molar refractivity (Wildman–Crippen MR) is 121 cm³/mol. The van der Waals surface area contributed by atoms with Gasteiger partial charge in [-0.2, -0.15) is 13.2 Å². The summed E-state index contributed by atoms with van der Waals surface area (Å²) >= 11 is 0. The maximum atomic E-state index is 13.4. The number of aromatic nitrogens is 5. The molecule has 1 N–H and O–H groups in total. The lowest BCUT2D eigenvalue weighted by Gasteiger charge is -2.23. The van der Waals surface area contributed by atoms with E-state index in [1.54, 1.807) is 18.5 Å². The summed E-state index contributed by atoms with van der Waals surface area (Å²) in [6.07, 6.45) is 1.69. The van der Waals surface area contributed by atoms with Crippen LogP contribution >= 0.6 is 0 Å². The third-order valence-corrected chi connectivity index (χ3v) is 5.80. The monoisotopic (exact) mass is 452 g/mol. The summed E-state index contributed by atoms with van der Waals surface area (Å²) in [6.45, 7) is 6.42. The molecule has 0 aliphatic heterocycles. The molecule has 0 aliphatic carbocycles. The Morgan fingerprint density at radius 3 is 2.45 bits per heavy atom. The topological polar surface area (TPSA) is 76.5 Å². The molecule has 3 aromatic heterocycles. The van der Waals surface area contributed by atoms with Gasteiger partial charge in [0.1, 0.15) is 18.0 Å². The van der Waals surface area contributed by atoms with Crippen molar-refractivity contribution in [3.63, 3.8) is 0 Å². The molecule has 6 nitrogen and oxygen atoms in total. The van der Waals surface area contributed by atoms with E-state index in [4.69, 9.17) is 0 Å². The lowest BCUT2D eigenvalue weighted by atomic mass is 9.87. The molecule has 1 unspecified atom stereocenters. The van der Waals surface area contributed by atoms with E-state index in [9.17, 15) is 13.2 Å². The molecule has 170 valence electrons. The predicted octanol–water partition coefficient (Wildman–Crippen LogP) is 5.66. The van der Waals surface area contributed by atoms with Crippen LogP contribution in [0.4, 0.5) is 19.0 Å². The van der Waals surface area contributed by atoms with E-state index in [2.05, 4.69) is 30.2 Å². The number of hydrogen-bond donors (Lipinski definition) is 1. The van der Waals surface area contributed by atoms with E-state index < -0.39 is 11.7 Å². The number of pyridine rings is 1. The van der Waals surface area contributed by atoms with Crippen LogP contribution in [-0.2, 0) is 6.18 Å². The van der Waals surface area contributed by atoms with Crippen LogP contribution in [0.25, 0.3) is 22.2 Å². The lowest BCUT2D eigenvalue weighted by Crippen LogP contribution is -2.18. The van der Waals surface area contributed by atoms with E-state index in [-0.39, 0.29) is 17.2 Å². The van der Waals surface area contributed by atoms with Crippen molar-refractivity contribution in [1.82, 2.24) is 24.9 Å². The number of alkyl halides is 3. The van der Waals surface area contributed by atoms with Crippen LogP contribution in [0.15, 0.2) is 55.2 Å². The number of para-hydroxylation sites is 1. The SMILES string of the molecule is Cc1ncc(-c2cc(NC[C@@H](C)C(C)c3cccc4c(C(F)(F)F)ccnc34)ncn2)cn1. The summed E-state index contributed by atoms with van der Waals surface area (Å²) in [5.74, 6) is 1.38. The fourth-order valence-electron chi connectivity index (χ4n) is 3.70. The number of rotatable bonds is 6.